The molecule has 0 aliphatic carbocycles. The van der Waals surface area contributed by atoms with Gasteiger partial charge in [0, 0.05) is 19.1 Å². The molecule has 0 amide bonds. The molecule has 1 fully saturated rings. The summed E-state index contributed by atoms with van der Waals surface area (Å²) >= 11 is 0. The van der Waals surface area contributed by atoms with Crippen LogP contribution in [0.1, 0.15) is 45.7 Å². The van der Waals surface area contributed by atoms with Crippen molar-refractivity contribution in [3.63, 3.8) is 0 Å². The fourth-order valence-electron chi connectivity index (χ4n) is 2.48. The van der Waals surface area contributed by atoms with E-state index in [-0.39, 0.29) is 5.54 Å². The van der Waals surface area contributed by atoms with Gasteiger partial charge in [-0.25, -0.2) is 4.68 Å². The maximum atomic E-state index is 4.22. The summed E-state index contributed by atoms with van der Waals surface area (Å²) in [7, 11) is 2.22. The van der Waals surface area contributed by atoms with Gasteiger partial charge in [-0.1, -0.05) is 11.6 Å². The van der Waals surface area contributed by atoms with Gasteiger partial charge in [0.2, 0.25) is 0 Å². The van der Waals surface area contributed by atoms with Gasteiger partial charge < -0.3 is 10.2 Å². The predicted molar refractivity (Wildman–Crippen MR) is 77.0 cm³/mol. The first kappa shape index (κ1) is 14.5. The minimum atomic E-state index is 0.00877. The van der Waals surface area contributed by atoms with Crippen LogP contribution < -0.4 is 5.32 Å². The highest BCUT2D eigenvalue weighted by molar-refractivity contribution is 4.94. The van der Waals surface area contributed by atoms with Gasteiger partial charge in [0.25, 0.3) is 0 Å². The molecule has 2 rings (SSSR count). The number of piperidine rings is 1. The molecule has 0 radical (unpaired) electrons. The SMILES string of the molecule is CN1CCCCC1CNCc1cn(C(C)(C)C)nn1. The lowest BCUT2D eigenvalue weighted by molar-refractivity contribution is 0.181. The molecule has 108 valence electrons. The maximum Gasteiger partial charge on any atom is 0.0965 e. The quantitative estimate of drug-likeness (QED) is 0.898. The van der Waals surface area contributed by atoms with Crippen molar-refractivity contribution in [1.29, 1.82) is 0 Å². The van der Waals surface area contributed by atoms with Gasteiger partial charge in [-0.15, -0.1) is 5.10 Å². The number of nitrogens with one attached hydrogen (secondary N) is 1. The monoisotopic (exact) mass is 265 g/mol. The molecule has 0 bridgehead atoms. The number of hydrogen-bond acceptors (Lipinski definition) is 4. The molecular weight excluding hydrogens is 238 g/mol. The van der Waals surface area contributed by atoms with E-state index < -0.39 is 0 Å². The molecule has 0 spiro atoms. The van der Waals surface area contributed by atoms with Gasteiger partial charge in [0.1, 0.15) is 0 Å². The molecule has 5 heteroatoms. The van der Waals surface area contributed by atoms with Gasteiger partial charge in [0.05, 0.1) is 17.4 Å². The molecule has 0 aromatic carbocycles. The molecule has 2 heterocycles. The van der Waals surface area contributed by atoms with Gasteiger partial charge in [-0.2, -0.15) is 0 Å². The molecule has 0 saturated carbocycles. The number of likely N-dealkylation sites (tertiary alicyclic amines) is 1. The van der Waals surface area contributed by atoms with Crippen molar-refractivity contribution >= 4 is 0 Å². The van der Waals surface area contributed by atoms with Crippen LogP contribution in [-0.4, -0.2) is 46.1 Å². The molecule has 1 atom stereocenters. The molecule has 1 aromatic rings. The molecule has 1 N–H and O–H groups in total. The summed E-state index contributed by atoms with van der Waals surface area (Å²) in [6, 6.07) is 0.673. The van der Waals surface area contributed by atoms with E-state index in [0.29, 0.717) is 6.04 Å². The third-order valence-corrected chi connectivity index (χ3v) is 3.84. The van der Waals surface area contributed by atoms with E-state index in [0.717, 1.165) is 18.8 Å². The molecule has 1 aliphatic heterocycles. The molecule has 1 aromatic heterocycles. The Morgan fingerprint density at radius 3 is 2.79 bits per heavy atom. The largest absolute Gasteiger partial charge is 0.309 e. The second-order valence-corrected chi connectivity index (χ2v) is 6.59. The molecule has 1 aliphatic rings. The first-order valence-corrected chi connectivity index (χ1v) is 7.29. The summed E-state index contributed by atoms with van der Waals surface area (Å²) in [5.41, 5.74) is 1.03. The molecule has 5 nitrogen and oxygen atoms in total. The van der Waals surface area contributed by atoms with Crippen molar-refractivity contribution in [1.82, 2.24) is 25.2 Å². The summed E-state index contributed by atoms with van der Waals surface area (Å²) < 4.78 is 1.93. The number of rotatable bonds is 4. The van der Waals surface area contributed by atoms with E-state index in [4.69, 9.17) is 0 Å². The van der Waals surface area contributed by atoms with Crippen LogP contribution in [0.3, 0.4) is 0 Å². The average Bonchev–Trinajstić information content (AvgIpc) is 2.80. The summed E-state index contributed by atoms with van der Waals surface area (Å²) in [6.07, 6.45) is 6.04. The molecule has 19 heavy (non-hydrogen) atoms. The lowest BCUT2D eigenvalue weighted by Crippen LogP contribution is -2.42. The van der Waals surface area contributed by atoms with Gasteiger partial charge in [-0.05, 0) is 47.2 Å². The Kier molecular flexibility index (Phi) is 4.58. The number of hydrogen-bond donors (Lipinski definition) is 1. The first-order valence-electron chi connectivity index (χ1n) is 7.29. The van der Waals surface area contributed by atoms with Crippen molar-refractivity contribution in [3.05, 3.63) is 11.9 Å². The van der Waals surface area contributed by atoms with Crippen LogP contribution in [0, 0.1) is 0 Å². The van der Waals surface area contributed by atoms with E-state index in [1.54, 1.807) is 0 Å². The highest BCUT2D eigenvalue weighted by Gasteiger charge is 2.18. The normalized spacial score (nSPS) is 21.8. The van der Waals surface area contributed by atoms with Gasteiger partial charge in [0.15, 0.2) is 0 Å². The second kappa shape index (κ2) is 6.01. The number of nitrogens with zero attached hydrogens (tertiary/aromatic N) is 4. The van der Waals surface area contributed by atoms with Crippen molar-refractivity contribution in [2.75, 3.05) is 20.1 Å². The van der Waals surface area contributed by atoms with Crippen LogP contribution in [0.5, 0.6) is 0 Å². The van der Waals surface area contributed by atoms with Crippen LogP contribution in [0.2, 0.25) is 0 Å². The Bertz CT molecular complexity index is 393. The Labute approximate surface area is 116 Å². The van der Waals surface area contributed by atoms with Gasteiger partial charge in [-0.3, -0.25) is 0 Å². The van der Waals surface area contributed by atoms with Crippen LogP contribution in [0.4, 0.5) is 0 Å². The van der Waals surface area contributed by atoms with E-state index in [9.17, 15) is 0 Å². The fraction of sp³-hybridized carbons (Fsp3) is 0.857. The van der Waals surface area contributed by atoms with Gasteiger partial charge >= 0.3 is 0 Å². The van der Waals surface area contributed by atoms with Crippen molar-refractivity contribution in [2.45, 2.75) is 58.2 Å². The van der Waals surface area contributed by atoms with E-state index >= 15 is 0 Å². The maximum absolute atomic E-state index is 4.22. The average molecular weight is 265 g/mol. The second-order valence-electron chi connectivity index (χ2n) is 6.59. The molecular formula is C14H27N5. The van der Waals surface area contributed by atoms with Crippen LogP contribution in [-0.2, 0) is 12.1 Å². The zero-order chi connectivity index (χ0) is 13.9. The van der Waals surface area contributed by atoms with Crippen molar-refractivity contribution in [3.8, 4) is 0 Å². The topological polar surface area (TPSA) is 46.0 Å². The van der Waals surface area contributed by atoms with Crippen molar-refractivity contribution < 1.29 is 0 Å². The molecule has 1 saturated heterocycles. The number of likely N-dealkylation sites (N-methyl/N-ethyl adjacent to an activating group) is 1. The Morgan fingerprint density at radius 1 is 1.37 bits per heavy atom. The summed E-state index contributed by atoms with van der Waals surface area (Å²) in [5.74, 6) is 0. The van der Waals surface area contributed by atoms with E-state index in [2.05, 4.69) is 48.3 Å². The van der Waals surface area contributed by atoms with E-state index in [1.165, 1.54) is 25.8 Å². The third kappa shape index (κ3) is 4.01. The van der Waals surface area contributed by atoms with Crippen LogP contribution in [0.25, 0.3) is 0 Å². The Hall–Kier alpha value is -0.940. The third-order valence-electron chi connectivity index (χ3n) is 3.84. The Morgan fingerprint density at radius 2 is 2.16 bits per heavy atom. The standard InChI is InChI=1S/C14H27N5/c1-14(2,3)19-11-12(16-17-19)9-15-10-13-7-5-6-8-18(13)4/h11,13,15H,5-10H2,1-4H3. The number of aromatic nitrogens is 3. The molecule has 1 unspecified atom stereocenters. The lowest BCUT2D eigenvalue weighted by Gasteiger charge is -2.32. The summed E-state index contributed by atoms with van der Waals surface area (Å²) in [5, 5.41) is 11.9. The highest BCUT2D eigenvalue weighted by Crippen LogP contribution is 2.14. The van der Waals surface area contributed by atoms with Crippen molar-refractivity contribution in [2.24, 2.45) is 0 Å². The minimum absolute atomic E-state index is 0.00877. The summed E-state index contributed by atoms with van der Waals surface area (Å²) in [6.45, 7) is 9.48. The Balaban J connectivity index is 1.78. The van der Waals surface area contributed by atoms with Crippen LogP contribution >= 0.6 is 0 Å². The van der Waals surface area contributed by atoms with E-state index in [1.807, 2.05) is 10.9 Å². The van der Waals surface area contributed by atoms with Crippen LogP contribution in [0.15, 0.2) is 6.20 Å². The predicted octanol–water partition coefficient (Wildman–Crippen LogP) is 1.61. The minimum Gasteiger partial charge on any atom is -0.309 e. The zero-order valence-electron chi connectivity index (χ0n) is 12.7. The first-order chi connectivity index (χ1) is 8.97. The fourth-order valence-corrected chi connectivity index (χ4v) is 2.48. The smallest absolute Gasteiger partial charge is 0.0965 e. The zero-order valence-corrected chi connectivity index (χ0v) is 12.7. The summed E-state index contributed by atoms with van der Waals surface area (Å²) in [4.78, 5) is 2.46. The lowest BCUT2D eigenvalue weighted by atomic mass is 10.0. The highest BCUT2D eigenvalue weighted by atomic mass is 15.4.